The summed E-state index contributed by atoms with van der Waals surface area (Å²) in [7, 11) is 0. The second-order valence-corrected chi connectivity index (χ2v) is 6.54. The van der Waals surface area contributed by atoms with Gasteiger partial charge in [-0.15, -0.1) is 11.3 Å². The third-order valence-corrected chi connectivity index (χ3v) is 3.69. The Hall–Kier alpha value is -1.75. The Balaban J connectivity index is 1.90. The van der Waals surface area contributed by atoms with Crippen LogP contribution in [-0.4, -0.2) is 22.4 Å². The summed E-state index contributed by atoms with van der Waals surface area (Å²) in [4.78, 5) is 20.6. The Bertz CT molecular complexity index is 572. The topological polar surface area (TPSA) is 54.9 Å². The number of amides is 1. The molecule has 0 aromatic carbocycles. The van der Waals surface area contributed by atoms with Gasteiger partial charge in [-0.1, -0.05) is 26.8 Å². The van der Waals surface area contributed by atoms with Crippen LogP contribution in [0.25, 0.3) is 11.4 Å². The first-order chi connectivity index (χ1) is 9.47. The molecule has 0 saturated carbocycles. The molecule has 2 rings (SSSR count). The van der Waals surface area contributed by atoms with Gasteiger partial charge in [0.15, 0.2) is 0 Å². The molecule has 0 aliphatic rings. The summed E-state index contributed by atoms with van der Waals surface area (Å²) >= 11 is 1.60. The predicted molar refractivity (Wildman–Crippen MR) is 81.5 cm³/mol. The average Bonchev–Trinajstić information content (AvgIpc) is 2.87. The highest BCUT2D eigenvalue weighted by Gasteiger charge is 2.20. The Morgan fingerprint density at radius 3 is 2.75 bits per heavy atom. The van der Waals surface area contributed by atoms with E-state index in [1.165, 1.54) is 0 Å². The lowest BCUT2D eigenvalue weighted by molar-refractivity contribution is -0.128. The first-order valence-electron chi connectivity index (χ1n) is 6.61. The lowest BCUT2D eigenvalue weighted by atomic mass is 9.96. The molecular weight excluding hydrogens is 270 g/mol. The van der Waals surface area contributed by atoms with Crippen molar-refractivity contribution in [3.05, 3.63) is 34.8 Å². The molecule has 0 atom stereocenters. The van der Waals surface area contributed by atoms with E-state index in [9.17, 15) is 4.79 Å². The summed E-state index contributed by atoms with van der Waals surface area (Å²) in [6.45, 7) is 6.34. The molecule has 0 aliphatic heterocycles. The summed E-state index contributed by atoms with van der Waals surface area (Å²) in [6.07, 6.45) is 2.51. The smallest absolute Gasteiger partial charge is 0.225 e. The average molecular weight is 289 g/mol. The number of hydrogen-bond acceptors (Lipinski definition) is 4. The van der Waals surface area contributed by atoms with Gasteiger partial charge in [0, 0.05) is 30.0 Å². The van der Waals surface area contributed by atoms with Gasteiger partial charge < -0.3 is 5.32 Å². The van der Waals surface area contributed by atoms with Crippen LogP contribution in [-0.2, 0) is 11.2 Å². The highest BCUT2D eigenvalue weighted by Crippen LogP contribution is 2.19. The molecule has 106 valence electrons. The van der Waals surface area contributed by atoms with Crippen LogP contribution in [0.1, 0.15) is 25.8 Å². The number of carbonyl (C=O) groups is 1. The van der Waals surface area contributed by atoms with Gasteiger partial charge in [-0.25, -0.2) is 4.98 Å². The zero-order chi connectivity index (χ0) is 14.6. The molecule has 2 aromatic heterocycles. The van der Waals surface area contributed by atoms with E-state index in [2.05, 4.69) is 15.3 Å². The molecule has 0 radical (unpaired) electrons. The minimum Gasteiger partial charge on any atom is -0.355 e. The molecule has 0 saturated heterocycles. The van der Waals surface area contributed by atoms with Gasteiger partial charge in [-0.05, 0) is 12.1 Å². The predicted octanol–water partition coefficient (Wildman–Crippen LogP) is 2.91. The van der Waals surface area contributed by atoms with Crippen LogP contribution >= 0.6 is 11.3 Å². The number of nitrogens with one attached hydrogen (secondary N) is 1. The van der Waals surface area contributed by atoms with Crippen LogP contribution in [0.5, 0.6) is 0 Å². The Morgan fingerprint density at radius 2 is 2.10 bits per heavy atom. The summed E-state index contributed by atoms with van der Waals surface area (Å²) in [5.41, 5.74) is 1.43. The summed E-state index contributed by atoms with van der Waals surface area (Å²) in [5.74, 6) is 0.0685. The van der Waals surface area contributed by atoms with Crippen molar-refractivity contribution >= 4 is 17.2 Å². The van der Waals surface area contributed by atoms with Crippen molar-refractivity contribution in [2.75, 3.05) is 6.54 Å². The third kappa shape index (κ3) is 3.87. The number of aromatic nitrogens is 2. The van der Waals surface area contributed by atoms with E-state index in [1.807, 2.05) is 44.4 Å². The molecule has 0 unspecified atom stereocenters. The zero-order valence-corrected chi connectivity index (χ0v) is 12.8. The molecule has 0 spiro atoms. The first kappa shape index (κ1) is 14.7. The van der Waals surface area contributed by atoms with Gasteiger partial charge in [0.25, 0.3) is 0 Å². The highest BCUT2D eigenvalue weighted by atomic mass is 32.1. The summed E-state index contributed by atoms with van der Waals surface area (Å²) in [5, 5.41) is 5.95. The SMILES string of the molecule is CC(C)(C)C(=O)NCCc1nc(-c2ccccn2)cs1. The van der Waals surface area contributed by atoms with Gasteiger partial charge in [-0.2, -0.15) is 0 Å². The Morgan fingerprint density at radius 1 is 1.30 bits per heavy atom. The zero-order valence-electron chi connectivity index (χ0n) is 12.0. The van der Waals surface area contributed by atoms with Crippen molar-refractivity contribution in [1.82, 2.24) is 15.3 Å². The molecule has 1 amide bonds. The monoisotopic (exact) mass is 289 g/mol. The van der Waals surface area contributed by atoms with Crippen molar-refractivity contribution in [2.24, 2.45) is 5.41 Å². The van der Waals surface area contributed by atoms with Crippen LogP contribution in [0.3, 0.4) is 0 Å². The van der Waals surface area contributed by atoms with Gasteiger partial charge in [-0.3, -0.25) is 9.78 Å². The minimum atomic E-state index is -0.345. The summed E-state index contributed by atoms with van der Waals surface area (Å²) in [6, 6.07) is 5.78. The van der Waals surface area contributed by atoms with E-state index < -0.39 is 0 Å². The largest absolute Gasteiger partial charge is 0.355 e. The first-order valence-corrected chi connectivity index (χ1v) is 7.49. The fourth-order valence-electron chi connectivity index (χ4n) is 1.61. The molecule has 4 nitrogen and oxygen atoms in total. The fraction of sp³-hybridized carbons (Fsp3) is 0.400. The van der Waals surface area contributed by atoms with E-state index >= 15 is 0 Å². The van der Waals surface area contributed by atoms with Crippen LogP contribution < -0.4 is 5.32 Å². The standard InChI is InChI=1S/C15H19N3OS/c1-15(2,3)14(19)17-9-7-13-18-12(10-20-13)11-6-4-5-8-16-11/h4-6,8,10H,7,9H2,1-3H3,(H,17,19). The van der Waals surface area contributed by atoms with Gasteiger partial charge >= 0.3 is 0 Å². The number of carbonyl (C=O) groups excluding carboxylic acids is 1. The Kier molecular flexibility index (Phi) is 4.49. The number of thiazole rings is 1. The van der Waals surface area contributed by atoms with Crippen molar-refractivity contribution in [1.29, 1.82) is 0 Å². The lowest BCUT2D eigenvalue weighted by Gasteiger charge is -2.17. The third-order valence-electron chi connectivity index (χ3n) is 2.78. The van der Waals surface area contributed by atoms with E-state index in [0.29, 0.717) is 6.54 Å². The van der Waals surface area contributed by atoms with Crippen molar-refractivity contribution in [3.8, 4) is 11.4 Å². The maximum absolute atomic E-state index is 11.7. The van der Waals surface area contributed by atoms with Gasteiger partial charge in [0.2, 0.25) is 5.91 Å². The number of nitrogens with zero attached hydrogens (tertiary/aromatic N) is 2. The van der Waals surface area contributed by atoms with Crippen molar-refractivity contribution < 1.29 is 4.79 Å². The molecule has 0 aliphatic carbocycles. The maximum atomic E-state index is 11.7. The molecule has 0 bridgehead atoms. The molecule has 2 aromatic rings. The number of rotatable bonds is 4. The van der Waals surface area contributed by atoms with Gasteiger partial charge in [0.05, 0.1) is 16.4 Å². The van der Waals surface area contributed by atoms with E-state index in [1.54, 1.807) is 17.5 Å². The molecule has 0 fully saturated rings. The normalized spacial score (nSPS) is 11.3. The molecule has 5 heteroatoms. The lowest BCUT2D eigenvalue weighted by Crippen LogP contribution is -2.35. The summed E-state index contributed by atoms with van der Waals surface area (Å²) < 4.78 is 0. The molecule has 1 N–H and O–H groups in total. The fourth-order valence-corrected chi connectivity index (χ4v) is 2.40. The maximum Gasteiger partial charge on any atom is 0.225 e. The van der Waals surface area contributed by atoms with Crippen molar-refractivity contribution in [2.45, 2.75) is 27.2 Å². The highest BCUT2D eigenvalue weighted by molar-refractivity contribution is 7.09. The van der Waals surface area contributed by atoms with Crippen molar-refractivity contribution in [3.63, 3.8) is 0 Å². The van der Waals surface area contributed by atoms with Crippen LogP contribution in [0.15, 0.2) is 29.8 Å². The minimum absolute atomic E-state index is 0.0685. The van der Waals surface area contributed by atoms with E-state index in [0.717, 1.165) is 22.8 Å². The molecule has 20 heavy (non-hydrogen) atoms. The Labute approximate surface area is 123 Å². The van der Waals surface area contributed by atoms with E-state index in [4.69, 9.17) is 0 Å². The second-order valence-electron chi connectivity index (χ2n) is 5.60. The second kappa shape index (κ2) is 6.13. The molecule has 2 heterocycles. The number of pyridine rings is 1. The van der Waals surface area contributed by atoms with Crippen LogP contribution in [0.4, 0.5) is 0 Å². The van der Waals surface area contributed by atoms with Crippen LogP contribution in [0.2, 0.25) is 0 Å². The number of hydrogen-bond donors (Lipinski definition) is 1. The van der Waals surface area contributed by atoms with Gasteiger partial charge in [0.1, 0.15) is 0 Å². The quantitative estimate of drug-likeness (QED) is 0.941. The van der Waals surface area contributed by atoms with Crippen LogP contribution in [0, 0.1) is 5.41 Å². The molecular formula is C15H19N3OS. The van der Waals surface area contributed by atoms with E-state index in [-0.39, 0.29) is 11.3 Å².